The van der Waals surface area contributed by atoms with E-state index in [1.54, 1.807) is 19.9 Å². The van der Waals surface area contributed by atoms with Crippen molar-refractivity contribution in [3.8, 4) is 0 Å². The van der Waals surface area contributed by atoms with E-state index in [4.69, 9.17) is 0 Å². The van der Waals surface area contributed by atoms with Gasteiger partial charge in [-0.3, -0.25) is 4.79 Å². The zero-order chi connectivity index (χ0) is 15.9. The van der Waals surface area contributed by atoms with Crippen LogP contribution < -0.4 is 5.32 Å². The lowest BCUT2D eigenvalue weighted by Gasteiger charge is -2.12. The molecule has 1 aliphatic rings. The van der Waals surface area contributed by atoms with Crippen molar-refractivity contribution in [3.05, 3.63) is 64.2 Å². The molecular formula is C18H17F2NO. The summed E-state index contributed by atoms with van der Waals surface area (Å²) in [5, 5.41) is 2.59. The molecule has 0 unspecified atom stereocenters. The molecule has 2 aromatic rings. The summed E-state index contributed by atoms with van der Waals surface area (Å²) in [4.78, 5) is 12.2. The van der Waals surface area contributed by atoms with Gasteiger partial charge in [0.25, 0.3) is 5.91 Å². The summed E-state index contributed by atoms with van der Waals surface area (Å²) < 4.78 is 27.6. The van der Waals surface area contributed by atoms with Gasteiger partial charge in [-0.2, -0.15) is 0 Å². The van der Waals surface area contributed by atoms with Gasteiger partial charge in [0.2, 0.25) is 0 Å². The zero-order valence-electron chi connectivity index (χ0n) is 12.5. The molecule has 0 aromatic heterocycles. The number of amides is 1. The fourth-order valence-corrected chi connectivity index (χ4v) is 2.52. The Morgan fingerprint density at radius 2 is 1.86 bits per heavy atom. The quantitative estimate of drug-likeness (QED) is 0.874. The molecule has 0 saturated heterocycles. The average molecular weight is 301 g/mol. The van der Waals surface area contributed by atoms with Crippen LogP contribution in [0.3, 0.4) is 0 Å². The highest BCUT2D eigenvalue weighted by Gasteiger charge is 2.25. The zero-order valence-corrected chi connectivity index (χ0v) is 12.5. The highest BCUT2D eigenvalue weighted by atomic mass is 19.1. The fraction of sp³-hybridized carbons (Fsp3) is 0.278. The van der Waals surface area contributed by atoms with E-state index in [9.17, 15) is 13.6 Å². The van der Waals surface area contributed by atoms with E-state index in [2.05, 4.69) is 5.32 Å². The third-order valence-corrected chi connectivity index (χ3v) is 4.17. The monoisotopic (exact) mass is 301 g/mol. The number of anilines is 1. The van der Waals surface area contributed by atoms with E-state index < -0.39 is 17.5 Å². The molecule has 0 bridgehead atoms. The normalized spacial score (nSPS) is 14.0. The van der Waals surface area contributed by atoms with Gasteiger partial charge in [-0.1, -0.05) is 6.07 Å². The Balaban J connectivity index is 1.85. The Bertz CT molecular complexity index is 751. The smallest absolute Gasteiger partial charge is 0.258 e. The molecular weight excluding hydrogens is 284 g/mol. The minimum absolute atomic E-state index is 0.0225. The lowest BCUT2D eigenvalue weighted by molar-refractivity contribution is 0.102. The van der Waals surface area contributed by atoms with Gasteiger partial charge in [-0.25, -0.2) is 8.78 Å². The van der Waals surface area contributed by atoms with E-state index in [1.807, 2.05) is 0 Å². The van der Waals surface area contributed by atoms with Gasteiger partial charge in [0, 0.05) is 5.69 Å². The number of carbonyl (C=O) groups excluding carboxylic acids is 1. The summed E-state index contributed by atoms with van der Waals surface area (Å²) in [6, 6.07) is 7.36. The van der Waals surface area contributed by atoms with Crippen LogP contribution in [0.25, 0.3) is 0 Å². The molecule has 4 heteroatoms. The Kier molecular flexibility index (Phi) is 3.69. The minimum atomic E-state index is -0.562. The number of aryl methyl sites for hydroxylation is 1. The van der Waals surface area contributed by atoms with Crippen LogP contribution in [0.2, 0.25) is 0 Å². The number of carbonyl (C=O) groups is 1. The van der Waals surface area contributed by atoms with Gasteiger partial charge in [0.15, 0.2) is 0 Å². The number of benzene rings is 2. The van der Waals surface area contributed by atoms with Crippen LogP contribution in [-0.2, 0) is 0 Å². The molecule has 1 fully saturated rings. The lowest BCUT2D eigenvalue weighted by Crippen LogP contribution is -2.15. The van der Waals surface area contributed by atoms with Gasteiger partial charge < -0.3 is 5.32 Å². The van der Waals surface area contributed by atoms with Gasteiger partial charge >= 0.3 is 0 Å². The first-order valence-electron chi connectivity index (χ1n) is 7.33. The van der Waals surface area contributed by atoms with E-state index in [1.165, 1.54) is 24.3 Å². The van der Waals surface area contributed by atoms with Crippen LogP contribution in [0, 0.1) is 25.5 Å². The average Bonchev–Trinajstić information content (AvgIpc) is 3.28. The van der Waals surface area contributed by atoms with Gasteiger partial charge in [0.05, 0.1) is 5.56 Å². The Morgan fingerprint density at radius 1 is 1.14 bits per heavy atom. The van der Waals surface area contributed by atoms with E-state index in [0.29, 0.717) is 11.6 Å². The fourth-order valence-electron chi connectivity index (χ4n) is 2.52. The maximum Gasteiger partial charge on any atom is 0.258 e. The number of rotatable bonds is 3. The van der Waals surface area contributed by atoms with Crippen molar-refractivity contribution in [1.29, 1.82) is 0 Å². The molecule has 114 valence electrons. The van der Waals surface area contributed by atoms with Gasteiger partial charge in [0.1, 0.15) is 11.6 Å². The molecule has 2 aromatic carbocycles. The third-order valence-electron chi connectivity index (χ3n) is 4.17. The standard InChI is InChI=1S/C18H17F2NO/c1-10-7-14(19)9-17(11(10)2)21-18(22)15-6-5-13(8-16(15)20)12-3-4-12/h5-9,12H,3-4H2,1-2H3,(H,21,22). The maximum absolute atomic E-state index is 14.1. The van der Waals surface area contributed by atoms with Gasteiger partial charge in [-0.05, 0) is 73.6 Å². The lowest BCUT2D eigenvalue weighted by atomic mass is 10.1. The molecule has 22 heavy (non-hydrogen) atoms. The second-order valence-corrected chi connectivity index (χ2v) is 5.86. The van der Waals surface area contributed by atoms with E-state index in [0.717, 1.165) is 29.5 Å². The summed E-state index contributed by atoms with van der Waals surface area (Å²) in [6.07, 6.45) is 2.15. The molecule has 0 aliphatic heterocycles. The number of nitrogens with one attached hydrogen (secondary N) is 1. The number of hydrogen-bond acceptors (Lipinski definition) is 1. The second kappa shape index (κ2) is 5.52. The first-order chi connectivity index (χ1) is 10.5. The number of hydrogen-bond donors (Lipinski definition) is 1. The largest absolute Gasteiger partial charge is 0.322 e. The summed E-state index contributed by atoms with van der Waals surface area (Å²) >= 11 is 0. The van der Waals surface area contributed by atoms with E-state index in [-0.39, 0.29) is 5.56 Å². The van der Waals surface area contributed by atoms with Crippen molar-refractivity contribution in [2.75, 3.05) is 5.32 Å². The summed E-state index contributed by atoms with van der Waals surface area (Å²) in [5.74, 6) is -1.09. The Hall–Kier alpha value is -2.23. The van der Waals surface area contributed by atoms with Crippen LogP contribution >= 0.6 is 0 Å². The van der Waals surface area contributed by atoms with Crippen LogP contribution in [0.5, 0.6) is 0 Å². The van der Waals surface area contributed by atoms with Crippen molar-refractivity contribution < 1.29 is 13.6 Å². The molecule has 0 atom stereocenters. The first kappa shape index (κ1) is 14.7. The molecule has 0 spiro atoms. The Labute approximate surface area is 128 Å². The van der Waals surface area contributed by atoms with Gasteiger partial charge in [-0.15, -0.1) is 0 Å². The first-order valence-corrected chi connectivity index (χ1v) is 7.33. The summed E-state index contributed by atoms with van der Waals surface area (Å²) in [5.41, 5.74) is 2.79. The Morgan fingerprint density at radius 3 is 2.50 bits per heavy atom. The van der Waals surface area contributed by atoms with Crippen LogP contribution in [0.15, 0.2) is 30.3 Å². The SMILES string of the molecule is Cc1cc(F)cc(NC(=O)c2ccc(C3CC3)cc2F)c1C. The molecule has 3 rings (SSSR count). The van der Waals surface area contributed by atoms with Crippen LogP contribution in [0.1, 0.15) is 45.8 Å². The molecule has 0 heterocycles. The molecule has 1 N–H and O–H groups in total. The van der Waals surface area contributed by atoms with Crippen molar-refractivity contribution in [1.82, 2.24) is 0 Å². The predicted octanol–water partition coefficient (Wildman–Crippen LogP) is 4.71. The molecule has 1 aliphatic carbocycles. The topological polar surface area (TPSA) is 29.1 Å². The maximum atomic E-state index is 14.1. The van der Waals surface area contributed by atoms with Crippen LogP contribution in [0.4, 0.5) is 14.5 Å². The van der Waals surface area contributed by atoms with Crippen molar-refractivity contribution >= 4 is 11.6 Å². The summed E-state index contributed by atoms with van der Waals surface area (Å²) in [7, 11) is 0. The van der Waals surface area contributed by atoms with E-state index >= 15 is 0 Å². The van der Waals surface area contributed by atoms with Crippen molar-refractivity contribution in [2.24, 2.45) is 0 Å². The van der Waals surface area contributed by atoms with Crippen molar-refractivity contribution in [3.63, 3.8) is 0 Å². The third kappa shape index (κ3) is 2.86. The van der Waals surface area contributed by atoms with Crippen molar-refractivity contribution in [2.45, 2.75) is 32.6 Å². The second-order valence-electron chi connectivity index (χ2n) is 5.86. The molecule has 0 radical (unpaired) electrons. The molecule has 2 nitrogen and oxygen atoms in total. The minimum Gasteiger partial charge on any atom is -0.322 e. The highest BCUT2D eigenvalue weighted by molar-refractivity contribution is 6.05. The van der Waals surface area contributed by atoms with Crippen LogP contribution in [-0.4, -0.2) is 5.91 Å². The predicted molar refractivity (Wildman–Crippen MR) is 82.2 cm³/mol. The molecule has 1 saturated carbocycles. The summed E-state index contributed by atoms with van der Waals surface area (Å²) in [6.45, 7) is 3.55. The molecule has 1 amide bonds. The highest BCUT2D eigenvalue weighted by Crippen LogP contribution is 2.40. The number of halogens is 2.